The Morgan fingerprint density at radius 1 is 1.03 bits per heavy atom. The van der Waals surface area contributed by atoms with Crippen molar-refractivity contribution in [2.75, 3.05) is 5.75 Å². The summed E-state index contributed by atoms with van der Waals surface area (Å²) in [7, 11) is -3.69. The SMILES string of the molecule is CCCC[C@H](C(=O)c1nc2ccccc2o1)C(CS(=O)(=O)Cc1ccccc1)C(N)=O. The number of ketones is 1. The van der Waals surface area contributed by atoms with Crippen molar-refractivity contribution >= 4 is 32.6 Å². The molecule has 0 aliphatic heterocycles. The van der Waals surface area contributed by atoms with Gasteiger partial charge in [0.05, 0.1) is 17.4 Å². The second kappa shape index (κ2) is 9.87. The summed E-state index contributed by atoms with van der Waals surface area (Å²) >= 11 is 0. The number of oxazole rings is 1. The first-order valence-electron chi connectivity index (χ1n) is 10.2. The highest BCUT2D eigenvalue weighted by atomic mass is 32.2. The minimum absolute atomic E-state index is 0.131. The zero-order valence-corrected chi connectivity index (χ0v) is 18.2. The molecule has 2 atom stereocenters. The van der Waals surface area contributed by atoms with Crippen molar-refractivity contribution < 1.29 is 22.4 Å². The number of unbranched alkanes of at least 4 members (excludes halogenated alkanes) is 1. The number of para-hydroxylation sites is 2. The number of nitrogens with zero attached hydrogens (tertiary/aromatic N) is 1. The molecule has 2 aromatic carbocycles. The van der Waals surface area contributed by atoms with E-state index in [1.165, 1.54) is 0 Å². The first kappa shape index (κ1) is 22.7. The van der Waals surface area contributed by atoms with E-state index >= 15 is 0 Å². The maximum absolute atomic E-state index is 13.3. The van der Waals surface area contributed by atoms with Gasteiger partial charge < -0.3 is 10.2 Å². The van der Waals surface area contributed by atoms with Gasteiger partial charge in [0.1, 0.15) is 5.52 Å². The molecule has 1 aromatic heterocycles. The Morgan fingerprint density at radius 2 is 1.71 bits per heavy atom. The van der Waals surface area contributed by atoms with Crippen LogP contribution in [-0.4, -0.2) is 30.8 Å². The van der Waals surface area contributed by atoms with E-state index in [4.69, 9.17) is 10.2 Å². The number of rotatable bonds is 11. The van der Waals surface area contributed by atoms with Gasteiger partial charge in [-0.2, -0.15) is 0 Å². The topological polar surface area (TPSA) is 120 Å². The number of carbonyl (C=O) groups is 2. The van der Waals surface area contributed by atoms with Crippen molar-refractivity contribution in [2.24, 2.45) is 17.6 Å². The highest BCUT2D eigenvalue weighted by Crippen LogP contribution is 2.27. The summed E-state index contributed by atoms with van der Waals surface area (Å²) in [4.78, 5) is 29.8. The van der Waals surface area contributed by atoms with Gasteiger partial charge in [-0.15, -0.1) is 0 Å². The fraction of sp³-hybridized carbons (Fsp3) is 0.348. The summed E-state index contributed by atoms with van der Waals surface area (Å²) < 4.78 is 31.3. The van der Waals surface area contributed by atoms with Crippen LogP contribution in [0.5, 0.6) is 0 Å². The van der Waals surface area contributed by atoms with Crippen LogP contribution in [0.3, 0.4) is 0 Å². The van der Waals surface area contributed by atoms with Gasteiger partial charge in [0.2, 0.25) is 11.7 Å². The Morgan fingerprint density at radius 3 is 2.35 bits per heavy atom. The first-order valence-corrected chi connectivity index (χ1v) is 12.1. The Bertz CT molecular complexity index is 1120. The minimum Gasteiger partial charge on any atom is -0.434 e. The third-order valence-corrected chi connectivity index (χ3v) is 6.86. The average molecular weight is 443 g/mol. The number of fused-ring (bicyclic) bond motifs is 1. The lowest BCUT2D eigenvalue weighted by Gasteiger charge is -2.22. The number of primary amides is 1. The Hall–Kier alpha value is -3.00. The molecule has 3 rings (SSSR count). The van der Waals surface area contributed by atoms with E-state index < -0.39 is 39.1 Å². The maximum Gasteiger partial charge on any atom is 0.264 e. The van der Waals surface area contributed by atoms with E-state index in [2.05, 4.69) is 4.98 Å². The van der Waals surface area contributed by atoms with Crippen molar-refractivity contribution in [1.29, 1.82) is 0 Å². The van der Waals surface area contributed by atoms with Gasteiger partial charge in [-0.25, -0.2) is 13.4 Å². The van der Waals surface area contributed by atoms with Crippen molar-refractivity contribution in [2.45, 2.75) is 31.9 Å². The normalized spacial score (nSPS) is 13.7. The predicted molar refractivity (Wildman–Crippen MR) is 118 cm³/mol. The highest BCUT2D eigenvalue weighted by molar-refractivity contribution is 7.90. The molecule has 8 heteroatoms. The smallest absolute Gasteiger partial charge is 0.264 e. The van der Waals surface area contributed by atoms with Gasteiger partial charge in [-0.1, -0.05) is 62.2 Å². The predicted octanol–water partition coefficient (Wildman–Crippen LogP) is 3.53. The molecule has 0 fully saturated rings. The summed E-state index contributed by atoms with van der Waals surface area (Å²) in [6.07, 6.45) is 1.74. The molecule has 31 heavy (non-hydrogen) atoms. The summed E-state index contributed by atoms with van der Waals surface area (Å²) in [5.41, 5.74) is 7.18. The van der Waals surface area contributed by atoms with Crippen LogP contribution in [0.25, 0.3) is 11.1 Å². The number of aromatic nitrogens is 1. The maximum atomic E-state index is 13.3. The fourth-order valence-corrected chi connectivity index (χ4v) is 5.39. The summed E-state index contributed by atoms with van der Waals surface area (Å²) in [6, 6.07) is 15.6. The van der Waals surface area contributed by atoms with Gasteiger partial charge in [-0.3, -0.25) is 9.59 Å². The Labute approximate surface area is 181 Å². The number of hydrogen-bond acceptors (Lipinski definition) is 6. The summed E-state index contributed by atoms with van der Waals surface area (Å²) in [5.74, 6) is -4.26. The largest absolute Gasteiger partial charge is 0.434 e. The third-order valence-electron chi connectivity index (χ3n) is 5.22. The molecule has 1 amide bonds. The number of Topliss-reactive ketones (excluding diaryl/α,β-unsaturated/α-hetero) is 1. The van der Waals surface area contributed by atoms with Crippen LogP contribution in [0.2, 0.25) is 0 Å². The standard InChI is InChI=1S/C23H26N2O5S/c1-2-3-11-17(21(26)23-25-19-12-7-8-13-20(19)30-23)18(22(24)27)15-31(28,29)14-16-9-5-4-6-10-16/h4-10,12-13,17-18H,2-3,11,14-15H2,1H3,(H2,24,27)/t17-,18?/m0/s1. The zero-order chi connectivity index (χ0) is 22.4. The average Bonchev–Trinajstić information content (AvgIpc) is 3.17. The summed E-state index contributed by atoms with van der Waals surface area (Å²) in [6.45, 7) is 1.95. The number of sulfone groups is 1. The number of benzene rings is 2. The first-order chi connectivity index (χ1) is 14.8. The van der Waals surface area contributed by atoms with Crippen LogP contribution < -0.4 is 5.73 Å². The number of nitrogens with two attached hydrogens (primary N) is 1. The number of amides is 1. The molecule has 0 aliphatic carbocycles. The lowest BCUT2D eigenvalue weighted by molar-refractivity contribution is -0.122. The van der Waals surface area contributed by atoms with Gasteiger partial charge in [0.15, 0.2) is 15.4 Å². The molecule has 1 heterocycles. The Balaban J connectivity index is 1.89. The van der Waals surface area contributed by atoms with E-state index in [1.54, 1.807) is 54.6 Å². The molecule has 2 N–H and O–H groups in total. The quantitative estimate of drug-likeness (QED) is 0.454. The zero-order valence-electron chi connectivity index (χ0n) is 17.4. The van der Waals surface area contributed by atoms with Crippen molar-refractivity contribution in [3.63, 3.8) is 0 Å². The molecule has 0 saturated heterocycles. The number of carbonyl (C=O) groups excluding carboxylic acids is 2. The van der Waals surface area contributed by atoms with Crippen LogP contribution in [0.4, 0.5) is 0 Å². The summed E-state index contributed by atoms with van der Waals surface area (Å²) in [5, 5.41) is 0. The van der Waals surface area contributed by atoms with E-state index in [-0.39, 0.29) is 11.6 Å². The Kier molecular flexibility index (Phi) is 7.22. The van der Waals surface area contributed by atoms with E-state index in [1.807, 2.05) is 6.92 Å². The van der Waals surface area contributed by atoms with Gasteiger partial charge in [0.25, 0.3) is 5.89 Å². The van der Waals surface area contributed by atoms with Crippen molar-refractivity contribution in [3.8, 4) is 0 Å². The molecule has 0 aliphatic rings. The van der Waals surface area contributed by atoms with Gasteiger partial charge >= 0.3 is 0 Å². The second-order valence-electron chi connectivity index (χ2n) is 7.65. The fourth-order valence-electron chi connectivity index (χ4n) is 3.63. The second-order valence-corrected chi connectivity index (χ2v) is 9.76. The molecule has 0 bridgehead atoms. The van der Waals surface area contributed by atoms with E-state index in [0.29, 0.717) is 29.5 Å². The van der Waals surface area contributed by atoms with Gasteiger partial charge in [0, 0.05) is 5.92 Å². The highest BCUT2D eigenvalue weighted by Gasteiger charge is 2.38. The molecule has 7 nitrogen and oxygen atoms in total. The van der Waals surface area contributed by atoms with E-state index in [9.17, 15) is 18.0 Å². The van der Waals surface area contributed by atoms with Crippen LogP contribution in [0.1, 0.15) is 42.4 Å². The van der Waals surface area contributed by atoms with Crippen molar-refractivity contribution in [1.82, 2.24) is 4.98 Å². The minimum atomic E-state index is -3.69. The molecule has 0 spiro atoms. The molecule has 3 aromatic rings. The van der Waals surface area contributed by atoms with Crippen LogP contribution in [0.15, 0.2) is 59.0 Å². The molecule has 0 saturated carbocycles. The lowest BCUT2D eigenvalue weighted by Crippen LogP contribution is -2.39. The molecule has 1 unspecified atom stereocenters. The van der Waals surface area contributed by atoms with Crippen LogP contribution in [0, 0.1) is 11.8 Å². The third kappa shape index (κ3) is 5.79. The van der Waals surface area contributed by atoms with Crippen LogP contribution in [-0.2, 0) is 20.4 Å². The lowest BCUT2D eigenvalue weighted by atomic mass is 9.85. The van der Waals surface area contributed by atoms with Gasteiger partial charge in [-0.05, 0) is 24.1 Å². The molecule has 0 radical (unpaired) electrons. The molecule has 164 valence electrons. The monoisotopic (exact) mass is 442 g/mol. The molecular formula is C23H26N2O5S. The van der Waals surface area contributed by atoms with Crippen LogP contribution >= 0.6 is 0 Å². The van der Waals surface area contributed by atoms with E-state index in [0.717, 1.165) is 6.42 Å². The number of hydrogen-bond donors (Lipinski definition) is 1. The molecular weight excluding hydrogens is 416 g/mol. The van der Waals surface area contributed by atoms with Crippen molar-refractivity contribution in [3.05, 3.63) is 66.1 Å².